The van der Waals surface area contributed by atoms with E-state index in [1.807, 2.05) is 0 Å². The standard InChI is InChI=1S/C10H20N2O3S/c1-16(14,15)6-9(13)12-8-10(7-11)4-2-3-5-10/h2-8,11H2,1H3,(H,12,13). The first-order chi connectivity index (χ1) is 7.37. The number of hydrogen-bond donors (Lipinski definition) is 2. The van der Waals surface area contributed by atoms with Crippen LogP contribution >= 0.6 is 0 Å². The molecule has 6 heteroatoms. The van der Waals surface area contributed by atoms with Crippen molar-refractivity contribution in [3.8, 4) is 0 Å². The molecule has 1 aliphatic rings. The van der Waals surface area contributed by atoms with Crippen LogP contribution in [0.1, 0.15) is 25.7 Å². The average Bonchev–Trinajstić information content (AvgIpc) is 2.61. The van der Waals surface area contributed by atoms with Crippen LogP contribution in [-0.4, -0.2) is 39.4 Å². The summed E-state index contributed by atoms with van der Waals surface area (Å²) in [5.41, 5.74) is 5.71. The molecule has 0 aromatic rings. The summed E-state index contributed by atoms with van der Waals surface area (Å²) in [5.74, 6) is -0.865. The Hall–Kier alpha value is -0.620. The molecule has 3 N–H and O–H groups in total. The number of nitrogens with one attached hydrogen (secondary N) is 1. The molecule has 0 bridgehead atoms. The van der Waals surface area contributed by atoms with Gasteiger partial charge in [-0.1, -0.05) is 12.8 Å². The Morgan fingerprint density at radius 3 is 2.38 bits per heavy atom. The van der Waals surface area contributed by atoms with E-state index in [1.54, 1.807) is 0 Å². The highest BCUT2D eigenvalue weighted by Crippen LogP contribution is 2.36. The lowest BCUT2D eigenvalue weighted by Crippen LogP contribution is -2.42. The van der Waals surface area contributed by atoms with Crippen molar-refractivity contribution in [1.82, 2.24) is 5.32 Å². The summed E-state index contributed by atoms with van der Waals surface area (Å²) in [5, 5.41) is 2.67. The smallest absolute Gasteiger partial charge is 0.235 e. The predicted octanol–water partition coefficient (Wildman–Crippen LogP) is -0.334. The fraction of sp³-hybridized carbons (Fsp3) is 0.900. The first kappa shape index (κ1) is 13.4. The minimum Gasteiger partial charge on any atom is -0.355 e. The molecule has 94 valence electrons. The van der Waals surface area contributed by atoms with Crippen LogP contribution in [0.3, 0.4) is 0 Å². The zero-order valence-corrected chi connectivity index (χ0v) is 10.5. The lowest BCUT2D eigenvalue weighted by atomic mass is 9.86. The molecule has 0 aliphatic heterocycles. The van der Waals surface area contributed by atoms with Gasteiger partial charge in [-0.25, -0.2) is 8.42 Å². The molecule has 0 atom stereocenters. The first-order valence-corrected chi connectivity index (χ1v) is 7.57. The summed E-state index contributed by atoms with van der Waals surface area (Å²) in [4.78, 5) is 11.3. The average molecular weight is 248 g/mol. The van der Waals surface area contributed by atoms with Crippen LogP contribution in [0, 0.1) is 5.41 Å². The third-order valence-electron chi connectivity index (χ3n) is 3.15. The summed E-state index contributed by atoms with van der Waals surface area (Å²) in [6, 6.07) is 0. The van der Waals surface area contributed by atoms with E-state index in [0.29, 0.717) is 13.1 Å². The second-order valence-electron chi connectivity index (χ2n) is 4.76. The van der Waals surface area contributed by atoms with E-state index < -0.39 is 21.5 Å². The zero-order chi connectivity index (χ0) is 12.2. The predicted molar refractivity (Wildman–Crippen MR) is 62.7 cm³/mol. The number of rotatable bonds is 5. The van der Waals surface area contributed by atoms with Crippen LogP contribution in [0.25, 0.3) is 0 Å². The third kappa shape index (κ3) is 4.09. The van der Waals surface area contributed by atoms with E-state index in [0.717, 1.165) is 31.9 Å². The Balaban J connectivity index is 2.41. The van der Waals surface area contributed by atoms with E-state index in [-0.39, 0.29) is 5.41 Å². The molecule has 0 radical (unpaired) electrons. The molecule has 0 saturated heterocycles. The van der Waals surface area contributed by atoms with Crippen molar-refractivity contribution in [2.24, 2.45) is 11.1 Å². The Labute approximate surface area is 96.7 Å². The van der Waals surface area contributed by atoms with Crippen LogP contribution < -0.4 is 11.1 Å². The highest BCUT2D eigenvalue weighted by molar-refractivity contribution is 7.91. The van der Waals surface area contributed by atoms with Gasteiger partial charge in [-0.15, -0.1) is 0 Å². The minimum atomic E-state index is -3.24. The zero-order valence-electron chi connectivity index (χ0n) is 9.66. The monoisotopic (exact) mass is 248 g/mol. The van der Waals surface area contributed by atoms with Crippen molar-refractivity contribution in [3.63, 3.8) is 0 Å². The van der Waals surface area contributed by atoms with Crippen LogP contribution in [0.4, 0.5) is 0 Å². The van der Waals surface area contributed by atoms with Crippen molar-refractivity contribution in [2.75, 3.05) is 25.1 Å². The normalized spacial score (nSPS) is 19.6. The van der Waals surface area contributed by atoms with E-state index in [1.165, 1.54) is 0 Å². The molecule has 0 spiro atoms. The SMILES string of the molecule is CS(=O)(=O)CC(=O)NCC1(CN)CCCC1. The maximum absolute atomic E-state index is 11.3. The summed E-state index contributed by atoms with van der Waals surface area (Å²) in [7, 11) is -3.24. The van der Waals surface area contributed by atoms with E-state index in [4.69, 9.17) is 5.73 Å². The highest BCUT2D eigenvalue weighted by atomic mass is 32.2. The molecule has 1 rings (SSSR count). The van der Waals surface area contributed by atoms with Gasteiger partial charge in [0, 0.05) is 12.8 Å². The Bertz CT molecular complexity index is 345. The molecule has 1 fully saturated rings. The van der Waals surface area contributed by atoms with Gasteiger partial charge in [0.1, 0.15) is 5.75 Å². The van der Waals surface area contributed by atoms with Gasteiger partial charge < -0.3 is 11.1 Å². The number of carbonyl (C=O) groups is 1. The van der Waals surface area contributed by atoms with Gasteiger partial charge in [0.15, 0.2) is 9.84 Å². The largest absolute Gasteiger partial charge is 0.355 e. The summed E-state index contributed by atoms with van der Waals surface area (Å²) >= 11 is 0. The molecule has 1 aliphatic carbocycles. The van der Waals surface area contributed by atoms with Gasteiger partial charge >= 0.3 is 0 Å². The van der Waals surface area contributed by atoms with Crippen molar-refractivity contribution in [1.29, 1.82) is 0 Å². The first-order valence-electron chi connectivity index (χ1n) is 5.51. The summed E-state index contributed by atoms with van der Waals surface area (Å²) < 4.78 is 21.8. The molecule has 5 nitrogen and oxygen atoms in total. The fourth-order valence-electron chi connectivity index (χ4n) is 2.15. The molecule has 1 amide bonds. The van der Waals surface area contributed by atoms with Gasteiger partial charge in [-0.2, -0.15) is 0 Å². The highest BCUT2D eigenvalue weighted by Gasteiger charge is 2.32. The number of carbonyl (C=O) groups excluding carboxylic acids is 1. The van der Waals surface area contributed by atoms with Crippen molar-refractivity contribution >= 4 is 15.7 Å². The van der Waals surface area contributed by atoms with Gasteiger partial charge in [0.2, 0.25) is 5.91 Å². The quantitative estimate of drug-likeness (QED) is 0.697. The van der Waals surface area contributed by atoms with Crippen molar-refractivity contribution < 1.29 is 13.2 Å². The van der Waals surface area contributed by atoms with E-state index in [9.17, 15) is 13.2 Å². The molecule has 1 saturated carbocycles. The molecule has 0 unspecified atom stereocenters. The maximum Gasteiger partial charge on any atom is 0.235 e. The lowest BCUT2D eigenvalue weighted by molar-refractivity contribution is -0.119. The Kier molecular flexibility index (Phi) is 4.32. The summed E-state index contributed by atoms with van der Waals surface area (Å²) in [6.45, 7) is 1.05. The van der Waals surface area contributed by atoms with Crippen LogP contribution in [-0.2, 0) is 14.6 Å². The number of amides is 1. The number of sulfone groups is 1. The molecule has 0 heterocycles. The fourth-order valence-corrected chi connectivity index (χ4v) is 2.73. The van der Waals surface area contributed by atoms with Gasteiger partial charge in [0.25, 0.3) is 0 Å². The minimum absolute atomic E-state index is 0.00678. The van der Waals surface area contributed by atoms with E-state index >= 15 is 0 Å². The van der Waals surface area contributed by atoms with Gasteiger partial charge in [-0.3, -0.25) is 4.79 Å². The van der Waals surface area contributed by atoms with Crippen molar-refractivity contribution in [3.05, 3.63) is 0 Å². The lowest BCUT2D eigenvalue weighted by Gasteiger charge is -2.27. The van der Waals surface area contributed by atoms with Gasteiger partial charge in [-0.05, 0) is 24.8 Å². The van der Waals surface area contributed by atoms with Crippen LogP contribution in [0.5, 0.6) is 0 Å². The second-order valence-corrected chi connectivity index (χ2v) is 6.90. The topological polar surface area (TPSA) is 89.3 Å². The summed E-state index contributed by atoms with van der Waals surface area (Å²) in [6.07, 6.45) is 5.37. The molecule has 16 heavy (non-hydrogen) atoms. The Morgan fingerprint density at radius 1 is 1.38 bits per heavy atom. The van der Waals surface area contributed by atoms with Gasteiger partial charge in [0.05, 0.1) is 0 Å². The number of hydrogen-bond acceptors (Lipinski definition) is 4. The number of nitrogens with two attached hydrogens (primary N) is 1. The molecular formula is C10H20N2O3S. The molecule has 0 aromatic heterocycles. The maximum atomic E-state index is 11.3. The van der Waals surface area contributed by atoms with Crippen molar-refractivity contribution in [2.45, 2.75) is 25.7 Å². The van der Waals surface area contributed by atoms with E-state index in [2.05, 4.69) is 5.32 Å². The molecular weight excluding hydrogens is 228 g/mol. The third-order valence-corrected chi connectivity index (χ3v) is 3.94. The molecule has 0 aromatic carbocycles. The van der Waals surface area contributed by atoms with Crippen LogP contribution in [0.2, 0.25) is 0 Å². The van der Waals surface area contributed by atoms with Crippen LogP contribution in [0.15, 0.2) is 0 Å². The second kappa shape index (κ2) is 5.14. The Morgan fingerprint density at radius 2 is 1.94 bits per heavy atom.